The third-order valence-corrected chi connectivity index (χ3v) is 6.43. The van der Waals surface area contributed by atoms with Gasteiger partial charge in [0.05, 0.1) is 0 Å². The monoisotopic (exact) mass is 262 g/mol. The quantitative estimate of drug-likeness (QED) is 0.838. The Morgan fingerprint density at radius 3 is 2.11 bits per heavy atom. The minimum atomic E-state index is 0.695. The molecule has 1 atom stereocenters. The summed E-state index contributed by atoms with van der Waals surface area (Å²) in [6.45, 7) is 6.38. The summed E-state index contributed by atoms with van der Waals surface area (Å²) < 4.78 is 0. The summed E-state index contributed by atoms with van der Waals surface area (Å²) in [6, 6.07) is 1.56. The van der Waals surface area contributed by atoms with Crippen molar-refractivity contribution in [2.45, 2.75) is 64.0 Å². The van der Waals surface area contributed by atoms with Crippen molar-refractivity contribution in [2.24, 2.45) is 23.7 Å². The molecule has 5 aliphatic rings. The van der Waals surface area contributed by atoms with Crippen molar-refractivity contribution in [3.63, 3.8) is 0 Å². The van der Waals surface area contributed by atoms with Crippen molar-refractivity contribution in [1.29, 1.82) is 0 Å². The summed E-state index contributed by atoms with van der Waals surface area (Å²) in [5.41, 5.74) is 0. The van der Waals surface area contributed by atoms with Crippen molar-refractivity contribution >= 4 is 0 Å². The van der Waals surface area contributed by atoms with Crippen molar-refractivity contribution in [3.8, 4) is 0 Å². The second-order valence-corrected chi connectivity index (χ2v) is 8.03. The average Bonchev–Trinajstić information content (AvgIpc) is 2.85. The first kappa shape index (κ1) is 12.6. The Morgan fingerprint density at radius 2 is 1.53 bits per heavy atom. The van der Waals surface area contributed by atoms with Crippen LogP contribution < -0.4 is 5.32 Å². The van der Waals surface area contributed by atoms with Crippen LogP contribution in [-0.2, 0) is 0 Å². The first-order chi connectivity index (χ1) is 9.28. The van der Waals surface area contributed by atoms with Crippen LogP contribution in [0.4, 0.5) is 0 Å². The second kappa shape index (κ2) is 5.04. The SMILES string of the molecule is CC(CN1CCCC1)NC1C2CC3CC(C2)CC1C3. The number of rotatable bonds is 4. The molecule has 5 fully saturated rings. The molecule has 108 valence electrons. The molecule has 1 N–H and O–H groups in total. The third kappa shape index (κ3) is 2.47. The first-order valence-electron chi connectivity index (χ1n) is 8.76. The van der Waals surface area contributed by atoms with E-state index in [4.69, 9.17) is 0 Å². The number of hydrogen-bond donors (Lipinski definition) is 1. The highest BCUT2D eigenvalue weighted by Gasteiger charge is 2.48. The van der Waals surface area contributed by atoms with E-state index in [1.54, 1.807) is 32.1 Å². The number of hydrogen-bond acceptors (Lipinski definition) is 2. The molecule has 4 bridgehead atoms. The van der Waals surface area contributed by atoms with Crippen LogP contribution in [0.15, 0.2) is 0 Å². The minimum Gasteiger partial charge on any atom is -0.310 e. The van der Waals surface area contributed by atoms with E-state index in [0.29, 0.717) is 6.04 Å². The maximum atomic E-state index is 4.05. The lowest BCUT2D eigenvalue weighted by Crippen LogP contribution is -2.57. The van der Waals surface area contributed by atoms with E-state index in [1.165, 1.54) is 32.5 Å². The van der Waals surface area contributed by atoms with Gasteiger partial charge in [-0.25, -0.2) is 0 Å². The molecule has 0 radical (unpaired) electrons. The summed E-state index contributed by atoms with van der Waals surface area (Å²) in [4.78, 5) is 2.66. The van der Waals surface area contributed by atoms with Crippen molar-refractivity contribution in [3.05, 3.63) is 0 Å². The van der Waals surface area contributed by atoms with Gasteiger partial charge in [0, 0.05) is 18.6 Å². The Labute approximate surface area is 118 Å². The van der Waals surface area contributed by atoms with E-state index in [0.717, 1.165) is 29.7 Å². The number of nitrogens with one attached hydrogen (secondary N) is 1. The standard InChI is InChI=1S/C17H30N2/c1-12(11-19-4-2-3-5-19)18-17-15-7-13-6-14(9-15)10-16(17)8-13/h12-18H,2-11H2,1H3. The van der Waals surface area contributed by atoms with Gasteiger partial charge in [0.2, 0.25) is 0 Å². The van der Waals surface area contributed by atoms with Crippen LogP contribution in [0.2, 0.25) is 0 Å². The van der Waals surface area contributed by atoms with E-state index in [-0.39, 0.29) is 0 Å². The van der Waals surface area contributed by atoms with Gasteiger partial charge >= 0.3 is 0 Å². The molecule has 19 heavy (non-hydrogen) atoms. The molecule has 0 aromatic rings. The van der Waals surface area contributed by atoms with Gasteiger partial charge in [-0.3, -0.25) is 0 Å². The maximum Gasteiger partial charge on any atom is 0.0169 e. The number of likely N-dealkylation sites (tertiary alicyclic amines) is 1. The third-order valence-electron chi connectivity index (χ3n) is 6.43. The van der Waals surface area contributed by atoms with Crippen LogP contribution in [0, 0.1) is 23.7 Å². The predicted octanol–water partition coefficient (Wildman–Crippen LogP) is 2.89. The zero-order valence-corrected chi connectivity index (χ0v) is 12.5. The van der Waals surface area contributed by atoms with Gasteiger partial charge in [-0.2, -0.15) is 0 Å². The Balaban J connectivity index is 1.34. The average molecular weight is 262 g/mol. The molecular formula is C17H30N2. The van der Waals surface area contributed by atoms with Crippen molar-refractivity contribution in [2.75, 3.05) is 19.6 Å². The lowest BCUT2D eigenvalue weighted by molar-refractivity contribution is -0.0180. The van der Waals surface area contributed by atoms with Gasteiger partial charge < -0.3 is 10.2 Å². The molecule has 0 aromatic carbocycles. The Kier molecular flexibility index (Phi) is 3.35. The molecule has 2 heteroatoms. The van der Waals surface area contributed by atoms with Crippen LogP contribution in [0.25, 0.3) is 0 Å². The molecule has 4 aliphatic carbocycles. The molecule has 5 rings (SSSR count). The van der Waals surface area contributed by atoms with Crippen LogP contribution in [0.3, 0.4) is 0 Å². The zero-order valence-electron chi connectivity index (χ0n) is 12.5. The molecular weight excluding hydrogens is 232 g/mol. The topological polar surface area (TPSA) is 15.3 Å². The van der Waals surface area contributed by atoms with Gasteiger partial charge in [0.15, 0.2) is 0 Å². The molecule has 4 saturated carbocycles. The van der Waals surface area contributed by atoms with Crippen molar-refractivity contribution in [1.82, 2.24) is 10.2 Å². The van der Waals surface area contributed by atoms with Gasteiger partial charge in [0.25, 0.3) is 0 Å². The zero-order chi connectivity index (χ0) is 12.8. The lowest BCUT2D eigenvalue weighted by atomic mass is 9.54. The maximum absolute atomic E-state index is 4.05. The smallest absolute Gasteiger partial charge is 0.0169 e. The highest BCUT2D eigenvalue weighted by Crippen LogP contribution is 2.53. The van der Waals surface area contributed by atoms with Crippen LogP contribution in [-0.4, -0.2) is 36.6 Å². The molecule has 0 aromatic heterocycles. The summed E-state index contributed by atoms with van der Waals surface area (Å²) in [6.07, 6.45) is 10.6. The van der Waals surface area contributed by atoms with E-state index in [2.05, 4.69) is 17.1 Å². The highest BCUT2D eigenvalue weighted by atomic mass is 15.2. The normalized spacial score (nSPS) is 46.9. The fourth-order valence-electron chi connectivity index (χ4n) is 5.93. The molecule has 0 spiro atoms. The van der Waals surface area contributed by atoms with Crippen LogP contribution in [0.1, 0.15) is 51.9 Å². The van der Waals surface area contributed by atoms with E-state index in [1.807, 2.05) is 0 Å². The molecule has 1 saturated heterocycles. The summed E-state index contributed by atoms with van der Waals surface area (Å²) >= 11 is 0. The Hall–Kier alpha value is -0.0800. The molecule has 0 amide bonds. The van der Waals surface area contributed by atoms with Crippen LogP contribution >= 0.6 is 0 Å². The van der Waals surface area contributed by atoms with E-state index in [9.17, 15) is 0 Å². The highest BCUT2D eigenvalue weighted by molar-refractivity contribution is 5.02. The molecule has 1 aliphatic heterocycles. The first-order valence-corrected chi connectivity index (χ1v) is 8.76. The fourth-order valence-corrected chi connectivity index (χ4v) is 5.93. The second-order valence-electron chi connectivity index (χ2n) is 8.03. The molecule has 1 heterocycles. The van der Waals surface area contributed by atoms with Gasteiger partial charge in [0.1, 0.15) is 0 Å². The fraction of sp³-hybridized carbons (Fsp3) is 1.00. The molecule has 2 nitrogen and oxygen atoms in total. The van der Waals surface area contributed by atoms with Crippen molar-refractivity contribution < 1.29 is 0 Å². The number of nitrogens with zero attached hydrogens (tertiary/aromatic N) is 1. The summed E-state index contributed by atoms with van der Waals surface area (Å²) in [7, 11) is 0. The van der Waals surface area contributed by atoms with Gasteiger partial charge in [-0.05, 0) is 88.6 Å². The van der Waals surface area contributed by atoms with Gasteiger partial charge in [-0.15, -0.1) is 0 Å². The predicted molar refractivity (Wildman–Crippen MR) is 79.1 cm³/mol. The Morgan fingerprint density at radius 1 is 0.947 bits per heavy atom. The van der Waals surface area contributed by atoms with Gasteiger partial charge in [-0.1, -0.05) is 0 Å². The summed E-state index contributed by atoms with van der Waals surface area (Å²) in [5, 5.41) is 4.05. The summed E-state index contributed by atoms with van der Waals surface area (Å²) in [5.74, 6) is 4.26. The molecule has 1 unspecified atom stereocenters. The van der Waals surface area contributed by atoms with Crippen LogP contribution in [0.5, 0.6) is 0 Å². The van der Waals surface area contributed by atoms with E-state index < -0.39 is 0 Å². The Bertz CT molecular complexity index is 293. The lowest BCUT2D eigenvalue weighted by Gasteiger charge is -2.55. The largest absolute Gasteiger partial charge is 0.310 e. The van der Waals surface area contributed by atoms with E-state index >= 15 is 0 Å². The minimum absolute atomic E-state index is 0.695.